The smallest absolute Gasteiger partial charge is 0.117 e. The summed E-state index contributed by atoms with van der Waals surface area (Å²) in [5.41, 5.74) is 0. The van der Waals surface area contributed by atoms with Crippen LogP contribution in [0.5, 0.6) is 0 Å². The van der Waals surface area contributed by atoms with Gasteiger partial charge in [-0.3, -0.25) is 4.84 Å². The van der Waals surface area contributed by atoms with E-state index in [9.17, 15) is 0 Å². The highest BCUT2D eigenvalue weighted by Gasteiger charge is 2.47. The van der Waals surface area contributed by atoms with E-state index in [0.29, 0.717) is 6.04 Å². The zero-order valence-corrected chi connectivity index (χ0v) is 15.7. The van der Waals surface area contributed by atoms with E-state index >= 15 is 0 Å². The van der Waals surface area contributed by atoms with Crippen molar-refractivity contribution in [3.63, 3.8) is 0 Å². The molecule has 2 aromatic rings. The van der Waals surface area contributed by atoms with Crippen LogP contribution >= 0.6 is 11.8 Å². The van der Waals surface area contributed by atoms with Crippen LogP contribution in [0.25, 0.3) is 0 Å². The fraction of sp³-hybridized carbons (Fsp3) is 0.368. The van der Waals surface area contributed by atoms with Gasteiger partial charge in [0, 0.05) is 18.3 Å². The van der Waals surface area contributed by atoms with Gasteiger partial charge in [-0.1, -0.05) is 77.6 Å². The molecule has 0 radical (unpaired) electrons. The molecule has 0 saturated carbocycles. The average molecular weight is 359 g/mol. The van der Waals surface area contributed by atoms with Crippen LogP contribution in [-0.2, 0) is 4.84 Å². The maximum absolute atomic E-state index is 6.28. The van der Waals surface area contributed by atoms with Crippen LogP contribution in [0.1, 0.15) is 12.8 Å². The van der Waals surface area contributed by atoms with E-state index in [1.54, 1.807) is 0 Å². The molecule has 5 heteroatoms. The summed E-state index contributed by atoms with van der Waals surface area (Å²) in [6, 6.07) is 23.3. The lowest BCUT2D eigenvalue weighted by Gasteiger charge is -2.32. The summed E-state index contributed by atoms with van der Waals surface area (Å²) in [7, 11) is -1.89. The summed E-state index contributed by atoms with van der Waals surface area (Å²) in [5, 5.41) is 5.09. The summed E-state index contributed by atoms with van der Waals surface area (Å²) in [5.74, 6) is 0. The first kappa shape index (κ1) is 16.3. The van der Waals surface area contributed by atoms with Gasteiger partial charge in [-0.2, -0.15) is 5.01 Å². The molecule has 4 rings (SSSR count). The zero-order valence-electron chi connectivity index (χ0n) is 13.9. The predicted octanol–water partition coefficient (Wildman–Crippen LogP) is 3.03. The van der Waals surface area contributed by atoms with Crippen molar-refractivity contribution in [3.05, 3.63) is 60.7 Å². The third-order valence-corrected chi connectivity index (χ3v) is 10.3. The highest BCUT2D eigenvalue weighted by Crippen LogP contribution is 2.36. The van der Waals surface area contributed by atoms with Crippen LogP contribution in [0.15, 0.2) is 60.7 Å². The molecule has 2 heterocycles. The molecule has 2 atom stereocenters. The Morgan fingerprint density at radius 2 is 1.62 bits per heavy atom. The summed E-state index contributed by atoms with van der Waals surface area (Å²) in [6.07, 6.45) is 2.53. The topological polar surface area (TPSA) is 15.7 Å². The Balaban J connectivity index is 1.69. The van der Waals surface area contributed by atoms with Gasteiger partial charge in [0.1, 0.15) is 8.07 Å². The van der Waals surface area contributed by atoms with Gasteiger partial charge in [-0.15, -0.1) is 0 Å². The van der Waals surface area contributed by atoms with Crippen molar-refractivity contribution in [3.8, 4) is 0 Å². The SMILES string of the molecule is C[Si](C[C@H]1ON(Cl)N2CCC[C@@H]12)(c1ccccc1)c1ccccc1. The molecular formula is C19H23ClN2OSi. The van der Waals surface area contributed by atoms with Crippen molar-refractivity contribution in [2.45, 2.75) is 37.6 Å². The second-order valence-electron chi connectivity index (χ2n) is 7.01. The fourth-order valence-electron chi connectivity index (χ4n) is 4.18. The highest BCUT2D eigenvalue weighted by molar-refractivity contribution is 7.01. The lowest BCUT2D eigenvalue weighted by atomic mass is 10.1. The van der Waals surface area contributed by atoms with Gasteiger partial charge >= 0.3 is 0 Å². The molecule has 0 spiro atoms. The van der Waals surface area contributed by atoms with Gasteiger partial charge in [0.25, 0.3) is 0 Å². The molecule has 2 aliphatic rings. The van der Waals surface area contributed by atoms with Crippen LogP contribution in [-0.4, -0.2) is 36.5 Å². The molecule has 2 aliphatic heterocycles. The first-order valence-corrected chi connectivity index (χ1v) is 11.7. The van der Waals surface area contributed by atoms with Crippen LogP contribution in [0.4, 0.5) is 0 Å². The van der Waals surface area contributed by atoms with Crippen molar-refractivity contribution in [1.29, 1.82) is 0 Å². The van der Waals surface area contributed by atoms with E-state index in [2.05, 4.69) is 72.2 Å². The van der Waals surface area contributed by atoms with Crippen LogP contribution < -0.4 is 10.4 Å². The molecule has 2 saturated heterocycles. The second kappa shape index (κ2) is 6.62. The summed E-state index contributed by atoms with van der Waals surface area (Å²) >= 11 is 6.28. The fourth-order valence-corrected chi connectivity index (χ4v) is 8.29. The molecule has 2 aromatic carbocycles. The number of nitrogens with zero attached hydrogens (tertiary/aromatic N) is 2. The zero-order chi connectivity index (χ0) is 16.6. The Hall–Kier alpha value is -1.17. The highest BCUT2D eigenvalue weighted by atomic mass is 35.5. The molecule has 3 nitrogen and oxygen atoms in total. The molecule has 24 heavy (non-hydrogen) atoms. The van der Waals surface area contributed by atoms with Crippen LogP contribution in [0, 0.1) is 0 Å². The molecule has 0 aliphatic carbocycles. The van der Waals surface area contributed by atoms with E-state index in [1.807, 2.05) is 0 Å². The third kappa shape index (κ3) is 2.83. The first-order chi connectivity index (χ1) is 11.7. The van der Waals surface area contributed by atoms with E-state index in [0.717, 1.165) is 12.6 Å². The maximum Gasteiger partial charge on any atom is 0.117 e. The molecule has 0 aromatic heterocycles. The molecule has 0 amide bonds. The van der Waals surface area contributed by atoms with E-state index in [-0.39, 0.29) is 6.10 Å². The van der Waals surface area contributed by atoms with Crippen molar-refractivity contribution < 1.29 is 4.84 Å². The quantitative estimate of drug-likeness (QED) is 0.617. The largest absolute Gasteiger partial charge is 0.264 e. The number of benzene rings is 2. The second-order valence-corrected chi connectivity index (χ2v) is 11.5. The Kier molecular flexibility index (Phi) is 4.49. The molecule has 0 unspecified atom stereocenters. The lowest BCUT2D eigenvalue weighted by Crippen LogP contribution is -2.58. The van der Waals surface area contributed by atoms with E-state index in [1.165, 1.54) is 27.9 Å². The lowest BCUT2D eigenvalue weighted by molar-refractivity contribution is -0.154. The minimum Gasteiger partial charge on any atom is -0.264 e. The molecular weight excluding hydrogens is 336 g/mol. The molecule has 0 bridgehead atoms. The van der Waals surface area contributed by atoms with Crippen molar-refractivity contribution in [2.75, 3.05) is 6.54 Å². The van der Waals surface area contributed by atoms with Gasteiger partial charge in [0.15, 0.2) is 0 Å². The van der Waals surface area contributed by atoms with Gasteiger partial charge in [0.05, 0.1) is 12.1 Å². The van der Waals surface area contributed by atoms with Crippen LogP contribution in [0.2, 0.25) is 12.6 Å². The van der Waals surface area contributed by atoms with Crippen molar-refractivity contribution >= 4 is 30.2 Å². The first-order valence-electron chi connectivity index (χ1n) is 8.69. The Morgan fingerprint density at radius 3 is 2.21 bits per heavy atom. The van der Waals surface area contributed by atoms with Gasteiger partial charge in [-0.25, -0.2) is 0 Å². The standard InChI is InChI=1S/C19H23ClN2OSi/c1-24(16-9-4-2-5-10-16,17-11-6-3-7-12-17)15-19-18-13-8-14-21(18)22(20)23-19/h2-7,9-12,18-19H,8,13-15H2,1H3/t18-,19+/m0/s1. The number of hydrogen-bond acceptors (Lipinski definition) is 3. The van der Waals surface area contributed by atoms with Crippen molar-refractivity contribution in [1.82, 2.24) is 9.70 Å². The number of rotatable bonds is 4. The maximum atomic E-state index is 6.28. The molecule has 126 valence electrons. The average Bonchev–Trinajstić information content (AvgIpc) is 3.22. The summed E-state index contributed by atoms with van der Waals surface area (Å²) in [4.78, 5) is 6.03. The van der Waals surface area contributed by atoms with Crippen molar-refractivity contribution in [2.24, 2.45) is 0 Å². The predicted molar refractivity (Wildman–Crippen MR) is 101 cm³/mol. The number of halogens is 1. The number of hydrogen-bond donors (Lipinski definition) is 0. The Morgan fingerprint density at radius 1 is 1.04 bits per heavy atom. The van der Waals surface area contributed by atoms with Gasteiger partial charge in [-0.05, 0) is 23.6 Å². The molecule has 2 fully saturated rings. The summed E-state index contributed by atoms with van der Waals surface area (Å²) in [6.45, 7) is 3.46. The monoisotopic (exact) mass is 358 g/mol. The number of hydrazine groups is 1. The van der Waals surface area contributed by atoms with Gasteiger partial charge < -0.3 is 0 Å². The molecule has 0 N–H and O–H groups in total. The third-order valence-electron chi connectivity index (χ3n) is 5.55. The normalized spacial score (nSPS) is 25.1. The van der Waals surface area contributed by atoms with Gasteiger partial charge in [0.2, 0.25) is 0 Å². The summed E-state index contributed by atoms with van der Waals surface area (Å²) < 4.78 is 1.47. The number of fused-ring (bicyclic) bond motifs is 1. The van der Waals surface area contributed by atoms with E-state index in [4.69, 9.17) is 16.6 Å². The minimum atomic E-state index is -1.89. The minimum absolute atomic E-state index is 0.169. The van der Waals surface area contributed by atoms with E-state index < -0.39 is 8.07 Å². The van der Waals surface area contributed by atoms with Crippen LogP contribution in [0.3, 0.4) is 0 Å². The Labute approximate surface area is 149 Å². The Bertz CT molecular complexity index is 645.